The highest BCUT2D eigenvalue weighted by Crippen LogP contribution is 2.21. The van der Waals surface area contributed by atoms with E-state index in [4.69, 9.17) is 14.6 Å². The van der Waals surface area contributed by atoms with E-state index in [2.05, 4.69) is 0 Å². The summed E-state index contributed by atoms with van der Waals surface area (Å²) in [7, 11) is 0. The van der Waals surface area contributed by atoms with Crippen LogP contribution in [-0.2, 0) is 4.74 Å². The Morgan fingerprint density at radius 2 is 2.27 bits per heavy atom. The summed E-state index contributed by atoms with van der Waals surface area (Å²) in [6, 6.07) is 6.65. The summed E-state index contributed by atoms with van der Waals surface area (Å²) in [5.41, 5.74) is 0.199. The predicted molar refractivity (Wildman–Crippen MR) is 53.3 cm³/mol. The topological polar surface area (TPSA) is 55.8 Å². The summed E-state index contributed by atoms with van der Waals surface area (Å²) in [6.45, 7) is 1.22. The van der Waals surface area contributed by atoms with Gasteiger partial charge in [0.1, 0.15) is 17.4 Å². The van der Waals surface area contributed by atoms with Gasteiger partial charge in [-0.05, 0) is 12.1 Å². The molecule has 4 heteroatoms. The SMILES string of the molecule is O=C(O)c1ccccc1OC1CCOC1. The highest BCUT2D eigenvalue weighted by Gasteiger charge is 2.19. The molecule has 1 aliphatic rings. The number of carboxylic acid groups (broad SMARTS) is 1. The van der Waals surface area contributed by atoms with Crippen LogP contribution in [0.15, 0.2) is 24.3 Å². The Labute approximate surface area is 87.4 Å². The number of aromatic carboxylic acids is 1. The Hall–Kier alpha value is -1.55. The standard InChI is InChI=1S/C11H12O4/c12-11(13)9-3-1-2-4-10(9)15-8-5-6-14-7-8/h1-4,8H,5-7H2,(H,12,13). The minimum Gasteiger partial charge on any atom is -0.487 e. The fourth-order valence-electron chi connectivity index (χ4n) is 1.53. The molecule has 1 N–H and O–H groups in total. The molecular weight excluding hydrogens is 196 g/mol. The lowest BCUT2D eigenvalue weighted by Crippen LogP contribution is -2.17. The van der Waals surface area contributed by atoms with Crippen molar-refractivity contribution < 1.29 is 19.4 Å². The first-order valence-corrected chi connectivity index (χ1v) is 4.84. The summed E-state index contributed by atoms with van der Waals surface area (Å²) < 4.78 is 10.7. The molecule has 4 nitrogen and oxygen atoms in total. The molecule has 0 spiro atoms. The fourth-order valence-corrected chi connectivity index (χ4v) is 1.53. The van der Waals surface area contributed by atoms with E-state index in [1.807, 2.05) is 0 Å². The Balaban J connectivity index is 2.15. The number of carboxylic acids is 1. The molecule has 1 aromatic rings. The molecule has 80 valence electrons. The molecule has 0 radical (unpaired) electrons. The maximum absolute atomic E-state index is 10.9. The molecule has 1 unspecified atom stereocenters. The van der Waals surface area contributed by atoms with Gasteiger partial charge in [-0.2, -0.15) is 0 Å². The number of benzene rings is 1. The van der Waals surface area contributed by atoms with Crippen LogP contribution in [0.4, 0.5) is 0 Å². The van der Waals surface area contributed by atoms with Gasteiger partial charge in [-0.3, -0.25) is 0 Å². The average molecular weight is 208 g/mol. The third-order valence-electron chi connectivity index (χ3n) is 2.30. The summed E-state index contributed by atoms with van der Waals surface area (Å²) >= 11 is 0. The largest absolute Gasteiger partial charge is 0.487 e. The van der Waals surface area contributed by atoms with E-state index in [1.165, 1.54) is 6.07 Å². The Morgan fingerprint density at radius 1 is 1.47 bits per heavy atom. The van der Waals surface area contributed by atoms with Gasteiger partial charge in [0.25, 0.3) is 0 Å². The van der Waals surface area contributed by atoms with Crippen LogP contribution in [0.25, 0.3) is 0 Å². The number of ether oxygens (including phenoxy) is 2. The van der Waals surface area contributed by atoms with Crippen molar-refractivity contribution in [1.82, 2.24) is 0 Å². The van der Waals surface area contributed by atoms with Crippen molar-refractivity contribution in [1.29, 1.82) is 0 Å². The zero-order valence-corrected chi connectivity index (χ0v) is 8.18. The maximum Gasteiger partial charge on any atom is 0.339 e. The van der Waals surface area contributed by atoms with Crippen LogP contribution in [-0.4, -0.2) is 30.4 Å². The number of para-hydroxylation sites is 1. The summed E-state index contributed by atoms with van der Waals surface area (Å²) in [6.07, 6.45) is 0.791. The summed E-state index contributed by atoms with van der Waals surface area (Å²) in [5, 5.41) is 8.93. The van der Waals surface area contributed by atoms with Crippen molar-refractivity contribution in [3.63, 3.8) is 0 Å². The molecule has 1 aliphatic heterocycles. The smallest absolute Gasteiger partial charge is 0.339 e. The molecule has 2 rings (SSSR count). The van der Waals surface area contributed by atoms with Gasteiger partial charge in [-0.15, -0.1) is 0 Å². The van der Waals surface area contributed by atoms with Gasteiger partial charge >= 0.3 is 5.97 Å². The van der Waals surface area contributed by atoms with Gasteiger partial charge in [0.15, 0.2) is 0 Å². The molecule has 0 aliphatic carbocycles. The van der Waals surface area contributed by atoms with Crippen LogP contribution in [0.1, 0.15) is 16.8 Å². The van der Waals surface area contributed by atoms with Gasteiger partial charge < -0.3 is 14.6 Å². The second-order valence-corrected chi connectivity index (χ2v) is 3.40. The molecule has 0 aromatic heterocycles. The van der Waals surface area contributed by atoms with E-state index in [-0.39, 0.29) is 11.7 Å². The lowest BCUT2D eigenvalue weighted by molar-refractivity contribution is 0.0687. The van der Waals surface area contributed by atoms with Crippen molar-refractivity contribution >= 4 is 5.97 Å². The van der Waals surface area contributed by atoms with Gasteiger partial charge in [0.2, 0.25) is 0 Å². The van der Waals surface area contributed by atoms with Crippen molar-refractivity contribution in [3.05, 3.63) is 29.8 Å². The number of hydrogen-bond donors (Lipinski definition) is 1. The quantitative estimate of drug-likeness (QED) is 0.818. The highest BCUT2D eigenvalue weighted by atomic mass is 16.5. The van der Waals surface area contributed by atoms with Gasteiger partial charge in [-0.25, -0.2) is 4.79 Å². The predicted octanol–water partition coefficient (Wildman–Crippen LogP) is 1.55. The minimum absolute atomic E-state index is 0.0227. The minimum atomic E-state index is -0.968. The van der Waals surface area contributed by atoms with E-state index >= 15 is 0 Å². The van der Waals surface area contributed by atoms with Crippen molar-refractivity contribution in [2.45, 2.75) is 12.5 Å². The van der Waals surface area contributed by atoms with Crippen LogP contribution in [0.3, 0.4) is 0 Å². The lowest BCUT2D eigenvalue weighted by Gasteiger charge is -2.13. The normalized spacial score (nSPS) is 20.1. The van der Waals surface area contributed by atoms with Crippen molar-refractivity contribution in [2.75, 3.05) is 13.2 Å². The number of hydrogen-bond acceptors (Lipinski definition) is 3. The molecule has 0 bridgehead atoms. The molecule has 1 fully saturated rings. The van der Waals surface area contributed by atoms with Crippen LogP contribution in [0.5, 0.6) is 5.75 Å². The van der Waals surface area contributed by atoms with Crippen molar-refractivity contribution in [3.8, 4) is 5.75 Å². The van der Waals surface area contributed by atoms with Crippen LogP contribution in [0.2, 0.25) is 0 Å². The first-order valence-electron chi connectivity index (χ1n) is 4.84. The Bertz CT molecular complexity index is 355. The van der Waals surface area contributed by atoms with Crippen molar-refractivity contribution in [2.24, 2.45) is 0 Å². The van der Waals surface area contributed by atoms with E-state index in [1.54, 1.807) is 18.2 Å². The van der Waals surface area contributed by atoms with Crippen LogP contribution >= 0.6 is 0 Å². The van der Waals surface area contributed by atoms with Crippen LogP contribution < -0.4 is 4.74 Å². The first-order chi connectivity index (χ1) is 7.27. The molecular formula is C11H12O4. The zero-order valence-electron chi connectivity index (χ0n) is 8.18. The second-order valence-electron chi connectivity index (χ2n) is 3.40. The number of rotatable bonds is 3. The molecule has 1 heterocycles. The highest BCUT2D eigenvalue weighted by molar-refractivity contribution is 5.90. The van der Waals surface area contributed by atoms with Gasteiger partial charge in [-0.1, -0.05) is 12.1 Å². The number of carbonyl (C=O) groups is 1. The molecule has 1 aromatic carbocycles. The summed E-state index contributed by atoms with van der Waals surface area (Å²) in [4.78, 5) is 10.9. The lowest BCUT2D eigenvalue weighted by atomic mass is 10.2. The van der Waals surface area contributed by atoms with Gasteiger partial charge in [0, 0.05) is 6.42 Å². The molecule has 0 saturated carbocycles. The molecule has 1 saturated heterocycles. The average Bonchev–Trinajstić information content (AvgIpc) is 2.71. The Kier molecular flexibility index (Phi) is 2.87. The monoisotopic (exact) mass is 208 g/mol. The van der Waals surface area contributed by atoms with Crippen LogP contribution in [0, 0.1) is 0 Å². The van der Waals surface area contributed by atoms with E-state index in [0.717, 1.165) is 6.42 Å². The van der Waals surface area contributed by atoms with E-state index in [9.17, 15) is 4.79 Å². The zero-order chi connectivity index (χ0) is 10.7. The molecule has 0 amide bonds. The third-order valence-corrected chi connectivity index (χ3v) is 2.30. The molecule has 1 atom stereocenters. The third kappa shape index (κ3) is 2.27. The maximum atomic E-state index is 10.9. The van der Waals surface area contributed by atoms with Gasteiger partial charge in [0.05, 0.1) is 13.2 Å². The van der Waals surface area contributed by atoms with E-state index in [0.29, 0.717) is 19.0 Å². The fraction of sp³-hybridized carbons (Fsp3) is 0.364. The Morgan fingerprint density at radius 3 is 2.93 bits per heavy atom. The first kappa shape index (κ1) is 9.98. The molecule has 15 heavy (non-hydrogen) atoms. The summed E-state index contributed by atoms with van der Waals surface area (Å²) in [5.74, 6) is -0.551. The van der Waals surface area contributed by atoms with E-state index < -0.39 is 5.97 Å². The second kappa shape index (κ2) is 4.31.